The van der Waals surface area contributed by atoms with E-state index >= 15 is 0 Å². The van der Waals surface area contributed by atoms with Gasteiger partial charge in [0, 0.05) is 12.0 Å². The highest BCUT2D eigenvalue weighted by atomic mass is 32.1. The molecule has 3 aromatic rings. The first kappa shape index (κ1) is 20.6. The first-order valence-corrected chi connectivity index (χ1v) is 9.87. The maximum absolute atomic E-state index is 13.1. The van der Waals surface area contributed by atoms with Crippen molar-refractivity contribution in [3.8, 4) is 0 Å². The SMILES string of the molecule is COCCn1c(N)c(N(Cc2ccccc2)C(=O)Cc2cccs2)c(=O)[nH]c1=O. The van der Waals surface area contributed by atoms with Gasteiger partial charge in [-0.3, -0.25) is 24.0 Å². The Morgan fingerprint density at radius 2 is 1.97 bits per heavy atom. The Balaban J connectivity index is 2.06. The normalized spacial score (nSPS) is 10.8. The van der Waals surface area contributed by atoms with Gasteiger partial charge in [-0.25, -0.2) is 4.79 Å². The van der Waals surface area contributed by atoms with E-state index in [0.717, 1.165) is 10.4 Å². The van der Waals surface area contributed by atoms with Crippen molar-refractivity contribution < 1.29 is 9.53 Å². The van der Waals surface area contributed by atoms with Crippen molar-refractivity contribution in [3.05, 3.63) is 79.1 Å². The number of benzene rings is 1. The van der Waals surface area contributed by atoms with Crippen LogP contribution in [0, 0.1) is 0 Å². The van der Waals surface area contributed by atoms with Gasteiger partial charge < -0.3 is 10.5 Å². The Bertz CT molecular complexity index is 1070. The van der Waals surface area contributed by atoms with Crippen LogP contribution in [0.4, 0.5) is 11.5 Å². The number of carbonyl (C=O) groups excluding carboxylic acids is 1. The van der Waals surface area contributed by atoms with Crippen molar-refractivity contribution in [2.24, 2.45) is 0 Å². The fourth-order valence-corrected chi connectivity index (χ4v) is 3.65. The number of hydrogen-bond donors (Lipinski definition) is 2. The lowest BCUT2D eigenvalue weighted by Gasteiger charge is -2.24. The monoisotopic (exact) mass is 414 g/mol. The molecule has 2 aromatic heterocycles. The van der Waals surface area contributed by atoms with Gasteiger partial charge in [0.2, 0.25) is 5.91 Å². The molecule has 0 saturated carbocycles. The standard InChI is InChI=1S/C20H22N4O4S/c1-28-10-9-23-18(21)17(19(26)22-20(23)27)24(13-14-6-3-2-4-7-14)16(25)12-15-8-5-11-29-15/h2-8,11H,9-10,12-13,21H2,1H3,(H,22,26,27). The number of methoxy groups -OCH3 is 1. The molecule has 0 aliphatic rings. The highest BCUT2D eigenvalue weighted by Gasteiger charge is 2.25. The number of aromatic nitrogens is 2. The number of nitrogens with two attached hydrogens (primary N) is 1. The molecule has 0 bridgehead atoms. The molecule has 0 atom stereocenters. The summed E-state index contributed by atoms with van der Waals surface area (Å²) in [4.78, 5) is 42.5. The van der Waals surface area contributed by atoms with Crippen molar-refractivity contribution in [2.75, 3.05) is 24.4 Å². The van der Waals surface area contributed by atoms with Gasteiger partial charge in [0.1, 0.15) is 5.82 Å². The van der Waals surface area contributed by atoms with E-state index in [0.29, 0.717) is 0 Å². The van der Waals surface area contributed by atoms with Crippen LogP contribution in [0.3, 0.4) is 0 Å². The Morgan fingerprint density at radius 3 is 2.62 bits per heavy atom. The van der Waals surface area contributed by atoms with E-state index in [1.807, 2.05) is 47.8 Å². The number of ether oxygens (including phenoxy) is 1. The topological polar surface area (TPSA) is 110 Å². The Hall–Kier alpha value is -3.17. The molecule has 0 radical (unpaired) electrons. The minimum absolute atomic E-state index is 0.0360. The van der Waals surface area contributed by atoms with Gasteiger partial charge in [-0.2, -0.15) is 0 Å². The first-order valence-electron chi connectivity index (χ1n) is 8.99. The van der Waals surface area contributed by atoms with E-state index in [2.05, 4.69) is 4.98 Å². The van der Waals surface area contributed by atoms with Gasteiger partial charge in [-0.05, 0) is 17.0 Å². The van der Waals surface area contributed by atoms with Crippen LogP contribution < -0.4 is 21.9 Å². The third kappa shape index (κ3) is 4.82. The molecule has 1 aromatic carbocycles. The van der Waals surface area contributed by atoms with Gasteiger partial charge in [0.25, 0.3) is 5.56 Å². The maximum Gasteiger partial charge on any atom is 0.330 e. The number of carbonyl (C=O) groups is 1. The number of amides is 1. The quantitative estimate of drug-likeness (QED) is 0.582. The molecule has 0 saturated heterocycles. The second-order valence-electron chi connectivity index (χ2n) is 6.36. The molecule has 3 rings (SSSR count). The number of nitrogen functional groups attached to an aromatic ring is 1. The molecule has 3 N–H and O–H groups in total. The van der Waals surface area contributed by atoms with Crippen LogP contribution in [-0.4, -0.2) is 29.2 Å². The number of hydrogen-bond acceptors (Lipinski definition) is 6. The predicted molar refractivity (Wildman–Crippen MR) is 113 cm³/mol. The van der Waals surface area contributed by atoms with E-state index in [1.165, 1.54) is 27.9 Å². The molecule has 152 valence electrons. The Labute approximate surface area is 171 Å². The lowest BCUT2D eigenvalue weighted by Crippen LogP contribution is -2.41. The van der Waals surface area contributed by atoms with Crippen molar-refractivity contribution in [2.45, 2.75) is 19.5 Å². The molecule has 1 amide bonds. The molecule has 0 aliphatic heterocycles. The first-order chi connectivity index (χ1) is 14.0. The molecule has 9 heteroatoms. The van der Waals surface area contributed by atoms with Crippen LogP contribution in [0.25, 0.3) is 0 Å². The average molecular weight is 414 g/mol. The number of nitrogens with one attached hydrogen (secondary N) is 1. The molecular formula is C20H22N4O4S. The third-order valence-electron chi connectivity index (χ3n) is 4.39. The second-order valence-corrected chi connectivity index (χ2v) is 7.39. The van der Waals surface area contributed by atoms with Gasteiger partial charge >= 0.3 is 5.69 Å². The van der Waals surface area contributed by atoms with E-state index in [-0.39, 0.29) is 43.5 Å². The van der Waals surface area contributed by atoms with E-state index in [1.54, 1.807) is 0 Å². The molecule has 2 heterocycles. The molecular weight excluding hydrogens is 392 g/mol. The fourth-order valence-electron chi connectivity index (χ4n) is 2.96. The zero-order valence-electron chi connectivity index (χ0n) is 16.0. The summed E-state index contributed by atoms with van der Waals surface area (Å²) in [6.45, 7) is 0.543. The van der Waals surface area contributed by atoms with E-state index in [9.17, 15) is 14.4 Å². The van der Waals surface area contributed by atoms with Crippen LogP contribution in [-0.2, 0) is 29.0 Å². The van der Waals surface area contributed by atoms with Crippen LogP contribution in [0.15, 0.2) is 57.4 Å². The second kappa shape index (κ2) is 9.35. The zero-order chi connectivity index (χ0) is 20.8. The highest BCUT2D eigenvalue weighted by molar-refractivity contribution is 7.10. The summed E-state index contributed by atoms with van der Waals surface area (Å²) in [5.74, 6) is -0.350. The van der Waals surface area contributed by atoms with Gasteiger partial charge in [-0.1, -0.05) is 36.4 Å². The van der Waals surface area contributed by atoms with Crippen molar-refractivity contribution >= 4 is 28.7 Å². The number of H-pyrrole nitrogens is 1. The number of rotatable bonds is 8. The average Bonchev–Trinajstić information content (AvgIpc) is 3.20. The van der Waals surface area contributed by atoms with Gasteiger partial charge in [0.15, 0.2) is 5.69 Å². The molecule has 0 aliphatic carbocycles. The van der Waals surface area contributed by atoms with E-state index < -0.39 is 11.2 Å². The summed E-state index contributed by atoms with van der Waals surface area (Å²) in [5.41, 5.74) is 5.65. The van der Waals surface area contributed by atoms with Crippen molar-refractivity contribution in [1.29, 1.82) is 0 Å². The van der Waals surface area contributed by atoms with Crippen LogP contribution in [0.2, 0.25) is 0 Å². The Morgan fingerprint density at radius 1 is 1.21 bits per heavy atom. The number of nitrogens with zero attached hydrogens (tertiary/aromatic N) is 2. The third-order valence-corrected chi connectivity index (χ3v) is 5.27. The number of thiophene rings is 1. The highest BCUT2D eigenvalue weighted by Crippen LogP contribution is 2.21. The van der Waals surface area contributed by atoms with E-state index in [4.69, 9.17) is 10.5 Å². The molecule has 0 unspecified atom stereocenters. The van der Waals surface area contributed by atoms with Crippen LogP contribution >= 0.6 is 11.3 Å². The fraction of sp³-hybridized carbons (Fsp3) is 0.250. The van der Waals surface area contributed by atoms with Crippen molar-refractivity contribution in [3.63, 3.8) is 0 Å². The lowest BCUT2D eigenvalue weighted by molar-refractivity contribution is -0.118. The summed E-state index contributed by atoms with van der Waals surface area (Å²) in [7, 11) is 1.50. The maximum atomic E-state index is 13.1. The number of anilines is 2. The summed E-state index contributed by atoms with van der Waals surface area (Å²) in [6.07, 6.45) is 0.126. The lowest BCUT2D eigenvalue weighted by atomic mass is 10.2. The zero-order valence-corrected chi connectivity index (χ0v) is 16.8. The number of aromatic amines is 1. The predicted octanol–water partition coefficient (Wildman–Crippen LogP) is 1.60. The van der Waals surface area contributed by atoms with Crippen molar-refractivity contribution in [1.82, 2.24) is 9.55 Å². The molecule has 29 heavy (non-hydrogen) atoms. The summed E-state index contributed by atoms with van der Waals surface area (Å²) in [6, 6.07) is 13.0. The Kier molecular flexibility index (Phi) is 6.63. The minimum Gasteiger partial charge on any atom is -0.383 e. The molecule has 8 nitrogen and oxygen atoms in total. The molecule has 0 fully saturated rings. The van der Waals surface area contributed by atoms with Gasteiger partial charge in [0.05, 0.1) is 26.1 Å². The van der Waals surface area contributed by atoms with Crippen LogP contribution in [0.1, 0.15) is 10.4 Å². The summed E-state index contributed by atoms with van der Waals surface area (Å²) < 4.78 is 6.22. The smallest absolute Gasteiger partial charge is 0.330 e. The summed E-state index contributed by atoms with van der Waals surface area (Å²) >= 11 is 1.46. The van der Waals surface area contributed by atoms with Crippen LogP contribution in [0.5, 0.6) is 0 Å². The largest absolute Gasteiger partial charge is 0.383 e. The molecule has 0 spiro atoms. The minimum atomic E-state index is -0.698. The summed E-state index contributed by atoms with van der Waals surface area (Å²) in [5, 5.41) is 1.89. The van der Waals surface area contributed by atoms with Gasteiger partial charge in [-0.15, -0.1) is 11.3 Å².